The predicted octanol–water partition coefficient (Wildman–Crippen LogP) is 5.92. The SMILES string of the molecule is CC(C)(C)c1ccc(C2=C3C=CC=C4C=CC=C(C=C2)C43)cc1. The monoisotopic (exact) mass is 298 g/mol. The van der Waals surface area contributed by atoms with Crippen molar-refractivity contribution in [3.63, 3.8) is 0 Å². The third kappa shape index (κ3) is 2.39. The van der Waals surface area contributed by atoms with Gasteiger partial charge in [-0.05, 0) is 38.8 Å². The number of hydrogen-bond acceptors (Lipinski definition) is 0. The average Bonchev–Trinajstić information content (AvgIpc) is 2.55. The summed E-state index contributed by atoms with van der Waals surface area (Å²) in [6.45, 7) is 6.78. The van der Waals surface area contributed by atoms with Crippen LogP contribution in [0.4, 0.5) is 0 Å². The van der Waals surface area contributed by atoms with E-state index in [2.05, 4.69) is 93.6 Å². The van der Waals surface area contributed by atoms with E-state index in [1.54, 1.807) is 0 Å². The van der Waals surface area contributed by atoms with E-state index in [0.717, 1.165) is 0 Å². The van der Waals surface area contributed by atoms with Gasteiger partial charge in [0.15, 0.2) is 0 Å². The highest BCUT2D eigenvalue weighted by atomic mass is 14.3. The molecule has 1 unspecified atom stereocenters. The number of benzene rings is 1. The topological polar surface area (TPSA) is 0 Å². The Bertz CT molecular complexity index is 817. The molecule has 0 aromatic heterocycles. The maximum absolute atomic E-state index is 2.28. The Morgan fingerprint density at radius 3 is 2.09 bits per heavy atom. The van der Waals surface area contributed by atoms with Crippen LogP contribution in [-0.2, 0) is 5.41 Å². The number of hydrogen-bond donors (Lipinski definition) is 0. The Kier molecular flexibility index (Phi) is 3.16. The van der Waals surface area contributed by atoms with Crippen molar-refractivity contribution >= 4 is 5.57 Å². The molecule has 0 radical (unpaired) electrons. The van der Waals surface area contributed by atoms with Gasteiger partial charge in [0.1, 0.15) is 0 Å². The molecule has 3 aliphatic carbocycles. The lowest BCUT2D eigenvalue weighted by Gasteiger charge is -2.31. The molecular formula is C23H22. The van der Waals surface area contributed by atoms with E-state index >= 15 is 0 Å². The first-order valence-electron chi connectivity index (χ1n) is 8.34. The highest BCUT2D eigenvalue weighted by Crippen LogP contribution is 2.43. The fourth-order valence-corrected chi connectivity index (χ4v) is 3.61. The minimum Gasteiger partial charge on any atom is -0.0617 e. The molecule has 0 heteroatoms. The van der Waals surface area contributed by atoms with Crippen LogP contribution in [0.1, 0.15) is 31.9 Å². The fraction of sp³-hybridized carbons (Fsp3) is 0.217. The quantitative estimate of drug-likeness (QED) is 0.604. The molecule has 23 heavy (non-hydrogen) atoms. The normalized spacial score (nSPS) is 22.0. The Balaban J connectivity index is 1.80. The first-order valence-corrected chi connectivity index (χ1v) is 8.34. The Morgan fingerprint density at radius 1 is 0.739 bits per heavy atom. The maximum atomic E-state index is 2.28. The van der Waals surface area contributed by atoms with Crippen LogP contribution in [0, 0.1) is 5.92 Å². The first-order chi connectivity index (χ1) is 11.0. The second-order valence-corrected chi connectivity index (χ2v) is 7.51. The van der Waals surface area contributed by atoms with Gasteiger partial charge in [0.25, 0.3) is 0 Å². The molecule has 0 spiro atoms. The van der Waals surface area contributed by atoms with Crippen molar-refractivity contribution in [2.24, 2.45) is 5.92 Å². The van der Waals surface area contributed by atoms with Crippen LogP contribution in [0.25, 0.3) is 5.57 Å². The molecular weight excluding hydrogens is 276 g/mol. The summed E-state index contributed by atoms with van der Waals surface area (Å²) in [5, 5.41) is 0. The van der Waals surface area contributed by atoms with Gasteiger partial charge >= 0.3 is 0 Å². The van der Waals surface area contributed by atoms with E-state index in [-0.39, 0.29) is 5.41 Å². The second kappa shape index (κ2) is 5.09. The average molecular weight is 298 g/mol. The van der Waals surface area contributed by atoms with Gasteiger partial charge in [-0.25, -0.2) is 0 Å². The van der Waals surface area contributed by atoms with Crippen LogP contribution in [-0.4, -0.2) is 0 Å². The van der Waals surface area contributed by atoms with Gasteiger partial charge in [0.05, 0.1) is 0 Å². The summed E-state index contributed by atoms with van der Waals surface area (Å²) in [5.41, 5.74) is 8.45. The minimum absolute atomic E-state index is 0.198. The van der Waals surface area contributed by atoms with Crippen molar-refractivity contribution in [3.8, 4) is 0 Å². The second-order valence-electron chi connectivity index (χ2n) is 7.51. The van der Waals surface area contributed by atoms with Crippen LogP contribution >= 0.6 is 0 Å². The predicted molar refractivity (Wildman–Crippen MR) is 99.1 cm³/mol. The molecule has 0 aliphatic heterocycles. The van der Waals surface area contributed by atoms with Crippen molar-refractivity contribution in [1.82, 2.24) is 0 Å². The summed E-state index contributed by atoms with van der Waals surface area (Å²) >= 11 is 0. The summed E-state index contributed by atoms with van der Waals surface area (Å²) in [6.07, 6.45) is 17.9. The van der Waals surface area contributed by atoms with Crippen molar-refractivity contribution in [2.75, 3.05) is 0 Å². The Hall–Kier alpha value is -2.34. The lowest BCUT2D eigenvalue weighted by Crippen LogP contribution is -2.16. The largest absolute Gasteiger partial charge is 0.0617 e. The van der Waals surface area contributed by atoms with Crippen molar-refractivity contribution in [1.29, 1.82) is 0 Å². The molecule has 1 atom stereocenters. The minimum atomic E-state index is 0.198. The van der Waals surface area contributed by atoms with Crippen LogP contribution < -0.4 is 0 Å². The zero-order valence-corrected chi connectivity index (χ0v) is 14.0. The van der Waals surface area contributed by atoms with E-state index in [4.69, 9.17) is 0 Å². The summed E-state index contributed by atoms with van der Waals surface area (Å²) in [7, 11) is 0. The first kappa shape index (κ1) is 14.3. The zero-order valence-electron chi connectivity index (χ0n) is 14.0. The molecule has 0 amide bonds. The highest BCUT2D eigenvalue weighted by molar-refractivity contribution is 5.84. The highest BCUT2D eigenvalue weighted by Gasteiger charge is 2.28. The summed E-state index contributed by atoms with van der Waals surface area (Å²) in [6, 6.07) is 9.08. The molecule has 1 aromatic rings. The van der Waals surface area contributed by atoms with E-state index in [1.807, 2.05) is 0 Å². The molecule has 1 aromatic carbocycles. The van der Waals surface area contributed by atoms with Gasteiger partial charge in [-0.3, -0.25) is 0 Å². The third-order valence-corrected chi connectivity index (χ3v) is 4.93. The van der Waals surface area contributed by atoms with E-state index in [1.165, 1.54) is 33.4 Å². The van der Waals surface area contributed by atoms with Crippen LogP contribution in [0.2, 0.25) is 0 Å². The van der Waals surface area contributed by atoms with E-state index < -0.39 is 0 Å². The third-order valence-electron chi connectivity index (χ3n) is 4.93. The molecule has 114 valence electrons. The summed E-state index contributed by atoms with van der Waals surface area (Å²) < 4.78 is 0. The van der Waals surface area contributed by atoms with Gasteiger partial charge < -0.3 is 0 Å². The van der Waals surface area contributed by atoms with E-state index in [9.17, 15) is 0 Å². The molecule has 0 saturated carbocycles. The van der Waals surface area contributed by atoms with E-state index in [0.29, 0.717) is 5.92 Å². The number of rotatable bonds is 1. The van der Waals surface area contributed by atoms with Gasteiger partial charge in [-0.2, -0.15) is 0 Å². The van der Waals surface area contributed by atoms with Crippen LogP contribution in [0.3, 0.4) is 0 Å². The molecule has 3 aliphatic rings. The summed E-state index contributed by atoms with van der Waals surface area (Å²) in [5.74, 6) is 0.410. The smallest absolute Gasteiger partial charge is 0.0346 e. The van der Waals surface area contributed by atoms with Gasteiger partial charge in [0.2, 0.25) is 0 Å². The molecule has 0 heterocycles. The fourth-order valence-electron chi connectivity index (χ4n) is 3.61. The van der Waals surface area contributed by atoms with Crippen molar-refractivity contribution < 1.29 is 0 Å². The Labute approximate surface area is 138 Å². The summed E-state index contributed by atoms with van der Waals surface area (Å²) in [4.78, 5) is 0. The maximum Gasteiger partial charge on any atom is 0.0346 e. The standard InChI is InChI=1S/C23H22/c1-23(2,3)19-13-10-16(11-14-19)20-15-12-18-7-4-6-17-8-5-9-21(20)22(17)18/h4-15,22H,1-3H3. The molecule has 0 N–H and O–H groups in total. The zero-order chi connectivity index (χ0) is 16.0. The van der Waals surface area contributed by atoms with Gasteiger partial charge in [-0.15, -0.1) is 0 Å². The molecule has 0 saturated heterocycles. The van der Waals surface area contributed by atoms with Crippen LogP contribution in [0.5, 0.6) is 0 Å². The number of allylic oxidation sites excluding steroid dienone is 12. The lowest BCUT2D eigenvalue weighted by atomic mass is 9.73. The van der Waals surface area contributed by atoms with Gasteiger partial charge in [0, 0.05) is 5.92 Å². The Morgan fingerprint density at radius 2 is 1.39 bits per heavy atom. The van der Waals surface area contributed by atoms with Crippen molar-refractivity contribution in [2.45, 2.75) is 26.2 Å². The molecule has 0 bridgehead atoms. The van der Waals surface area contributed by atoms with Gasteiger partial charge in [-0.1, -0.05) is 93.6 Å². The van der Waals surface area contributed by atoms with Crippen molar-refractivity contribution in [3.05, 3.63) is 101 Å². The lowest BCUT2D eigenvalue weighted by molar-refractivity contribution is 0.590. The molecule has 0 fully saturated rings. The van der Waals surface area contributed by atoms with Crippen LogP contribution in [0.15, 0.2) is 89.6 Å². The molecule has 4 rings (SSSR count). The molecule has 0 nitrogen and oxygen atoms in total.